The zero-order valence-electron chi connectivity index (χ0n) is 15.9. The van der Waals surface area contributed by atoms with Gasteiger partial charge < -0.3 is 19.7 Å². The Morgan fingerprint density at radius 2 is 1.64 bits per heavy atom. The van der Waals surface area contributed by atoms with Crippen molar-refractivity contribution in [1.29, 1.82) is 0 Å². The van der Waals surface area contributed by atoms with E-state index in [2.05, 4.69) is 10.1 Å². The van der Waals surface area contributed by atoms with Gasteiger partial charge >= 0.3 is 12.1 Å². The lowest BCUT2D eigenvalue weighted by molar-refractivity contribution is -0.138. The number of esters is 1. The summed E-state index contributed by atoms with van der Waals surface area (Å²) < 4.78 is 9.53. The van der Waals surface area contributed by atoms with Crippen molar-refractivity contribution in [2.45, 2.75) is 20.8 Å². The van der Waals surface area contributed by atoms with Crippen molar-refractivity contribution in [2.24, 2.45) is 0 Å². The molecule has 0 radical (unpaired) electrons. The summed E-state index contributed by atoms with van der Waals surface area (Å²) in [7, 11) is 0. The van der Waals surface area contributed by atoms with Gasteiger partial charge in [0.05, 0.1) is 12.2 Å². The van der Waals surface area contributed by atoms with Crippen LogP contribution in [0.4, 0.5) is 10.5 Å². The molecule has 28 heavy (non-hydrogen) atoms. The molecule has 0 unspecified atom stereocenters. The Labute approximate surface area is 162 Å². The molecule has 0 bridgehead atoms. The van der Waals surface area contributed by atoms with Gasteiger partial charge in [0, 0.05) is 19.2 Å². The molecule has 0 aromatic heterocycles. The van der Waals surface area contributed by atoms with E-state index in [1.165, 1.54) is 31.2 Å². The number of hydrogen-bond donors (Lipinski definition) is 2. The summed E-state index contributed by atoms with van der Waals surface area (Å²) in [5.41, 5.74) is 0.718. The standard InChI is InChI=1S/C18H23N3O7/c1-4-21(10-15(23)20-18(26)27-5-2)16(24)11-28-17(25)13-6-8-14(9-7-13)19-12(3)22/h6-9H,4-5,10-11H2,1-3H3,(H,19,22)(H,20,23,26). The molecule has 1 aromatic carbocycles. The Morgan fingerprint density at radius 1 is 1.00 bits per heavy atom. The lowest BCUT2D eigenvalue weighted by Crippen LogP contribution is -2.44. The van der Waals surface area contributed by atoms with Gasteiger partial charge in [0.2, 0.25) is 11.8 Å². The molecule has 152 valence electrons. The molecule has 4 amide bonds. The number of hydrogen-bond acceptors (Lipinski definition) is 7. The van der Waals surface area contributed by atoms with E-state index in [1.54, 1.807) is 13.8 Å². The number of anilines is 1. The Bertz CT molecular complexity index is 731. The quantitative estimate of drug-likeness (QED) is 0.628. The minimum atomic E-state index is -0.898. The van der Waals surface area contributed by atoms with Crippen molar-refractivity contribution in [3.8, 4) is 0 Å². The molecule has 0 saturated heterocycles. The highest BCUT2D eigenvalue weighted by Crippen LogP contribution is 2.10. The van der Waals surface area contributed by atoms with Crippen LogP contribution in [0.2, 0.25) is 0 Å². The Hall–Kier alpha value is -3.43. The van der Waals surface area contributed by atoms with Crippen LogP contribution in [-0.4, -0.2) is 61.0 Å². The third-order valence-electron chi connectivity index (χ3n) is 3.35. The fourth-order valence-electron chi connectivity index (χ4n) is 2.07. The van der Waals surface area contributed by atoms with Gasteiger partial charge in [0.15, 0.2) is 6.61 Å². The predicted octanol–water partition coefficient (Wildman–Crippen LogP) is 0.923. The van der Waals surface area contributed by atoms with Crippen LogP contribution >= 0.6 is 0 Å². The summed E-state index contributed by atoms with van der Waals surface area (Å²) >= 11 is 0. The average Bonchev–Trinajstić information content (AvgIpc) is 2.64. The van der Waals surface area contributed by atoms with Crippen LogP contribution in [0, 0.1) is 0 Å². The number of likely N-dealkylation sites (N-methyl/N-ethyl adjacent to an activating group) is 1. The van der Waals surface area contributed by atoms with Gasteiger partial charge in [0.1, 0.15) is 6.54 Å². The van der Waals surface area contributed by atoms with Crippen LogP contribution in [0.25, 0.3) is 0 Å². The number of carbonyl (C=O) groups is 5. The number of nitrogens with zero attached hydrogens (tertiary/aromatic N) is 1. The number of ether oxygens (including phenoxy) is 2. The summed E-state index contributed by atoms with van der Waals surface area (Å²) in [5, 5.41) is 4.54. The van der Waals surface area contributed by atoms with Crippen LogP contribution in [0.1, 0.15) is 31.1 Å². The normalized spacial score (nSPS) is 9.82. The number of nitrogens with one attached hydrogen (secondary N) is 2. The zero-order valence-corrected chi connectivity index (χ0v) is 15.9. The van der Waals surface area contributed by atoms with Gasteiger partial charge in [-0.1, -0.05) is 0 Å². The van der Waals surface area contributed by atoms with Crippen molar-refractivity contribution >= 4 is 35.5 Å². The first-order chi connectivity index (χ1) is 13.3. The van der Waals surface area contributed by atoms with Gasteiger partial charge in [-0.25, -0.2) is 9.59 Å². The largest absolute Gasteiger partial charge is 0.452 e. The Balaban J connectivity index is 2.53. The average molecular weight is 393 g/mol. The van der Waals surface area contributed by atoms with Crippen LogP contribution in [0.15, 0.2) is 24.3 Å². The van der Waals surface area contributed by atoms with Gasteiger partial charge in [-0.2, -0.15) is 0 Å². The fraction of sp³-hybridized carbons (Fsp3) is 0.389. The summed E-state index contributed by atoms with van der Waals surface area (Å²) in [4.78, 5) is 59.2. The molecule has 10 heteroatoms. The molecule has 1 aromatic rings. The highest BCUT2D eigenvalue weighted by atomic mass is 16.5. The molecule has 2 N–H and O–H groups in total. The second kappa shape index (κ2) is 11.3. The van der Waals surface area contributed by atoms with E-state index in [4.69, 9.17) is 4.74 Å². The van der Waals surface area contributed by atoms with E-state index in [0.29, 0.717) is 5.69 Å². The van der Waals surface area contributed by atoms with Gasteiger partial charge in [-0.3, -0.25) is 19.7 Å². The maximum Gasteiger partial charge on any atom is 0.413 e. The molecule has 0 aliphatic carbocycles. The van der Waals surface area contributed by atoms with E-state index in [0.717, 1.165) is 4.90 Å². The van der Waals surface area contributed by atoms with Gasteiger partial charge in [-0.15, -0.1) is 0 Å². The molecule has 0 saturated carbocycles. The van der Waals surface area contributed by atoms with Crippen molar-refractivity contribution in [3.63, 3.8) is 0 Å². The topological polar surface area (TPSA) is 131 Å². The number of imide groups is 1. The molecule has 1 rings (SSSR count). The van der Waals surface area contributed by atoms with E-state index in [-0.39, 0.29) is 31.2 Å². The van der Waals surface area contributed by atoms with E-state index >= 15 is 0 Å². The number of benzene rings is 1. The van der Waals surface area contributed by atoms with E-state index in [1.807, 2.05) is 5.32 Å². The summed E-state index contributed by atoms with van der Waals surface area (Å²) in [6.07, 6.45) is -0.898. The zero-order chi connectivity index (χ0) is 21.1. The molecule has 0 fully saturated rings. The highest BCUT2D eigenvalue weighted by molar-refractivity contribution is 5.96. The van der Waals surface area contributed by atoms with Gasteiger partial charge in [0.25, 0.3) is 5.91 Å². The van der Waals surface area contributed by atoms with Crippen LogP contribution < -0.4 is 10.6 Å². The Kier molecular flexibility index (Phi) is 9.14. The SMILES string of the molecule is CCOC(=O)NC(=O)CN(CC)C(=O)COC(=O)c1ccc(NC(C)=O)cc1. The second-order valence-electron chi connectivity index (χ2n) is 5.51. The minimum absolute atomic E-state index is 0.108. The number of alkyl carbamates (subject to hydrolysis) is 1. The molecular weight excluding hydrogens is 370 g/mol. The molecule has 0 aliphatic heterocycles. The number of amides is 4. The first-order valence-corrected chi connectivity index (χ1v) is 8.55. The minimum Gasteiger partial charge on any atom is -0.452 e. The van der Waals surface area contributed by atoms with E-state index in [9.17, 15) is 24.0 Å². The van der Waals surface area contributed by atoms with Crippen molar-refractivity contribution in [2.75, 3.05) is 31.6 Å². The maximum absolute atomic E-state index is 12.1. The number of carbonyl (C=O) groups excluding carboxylic acids is 5. The smallest absolute Gasteiger partial charge is 0.413 e. The highest BCUT2D eigenvalue weighted by Gasteiger charge is 2.19. The van der Waals surface area contributed by atoms with Crippen LogP contribution in [0.5, 0.6) is 0 Å². The lowest BCUT2D eigenvalue weighted by atomic mass is 10.2. The molecule has 0 heterocycles. The molecule has 0 aliphatic rings. The predicted molar refractivity (Wildman–Crippen MR) is 98.4 cm³/mol. The lowest BCUT2D eigenvalue weighted by Gasteiger charge is -2.19. The molecule has 0 atom stereocenters. The van der Waals surface area contributed by atoms with Crippen LogP contribution in [-0.2, 0) is 23.9 Å². The maximum atomic E-state index is 12.1. The molecule has 0 spiro atoms. The molecular formula is C18H23N3O7. The third-order valence-corrected chi connectivity index (χ3v) is 3.35. The van der Waals surface area contributed by atoms with E-state index < -0.39 is 30.5 Å². The summed E-state index contributed by atoms with van der Waals surface area (Å²) in [5.74, 6) is -2.28. The fourth-order valence-corrected chi connectivity index (χ4v) is 2.07. The summed E-state index contributed by atoms with van der Waals surface area (Å²) in [6, 6.07) is 5.95. The first kappa shape index (κ1) is 22.6. The Morgan fingerprint density at radius 3 is 2.18 bits per heavy atom. The summed E-state index contributed by atoms with van der Waals surface area (Å²) in [6.45, 7) is 3.94. The van der Waals surface area contributed by atoms with Gasteiger partial charge in [-0.05, 0) is 38.1 Å². The number of rotatable bonds is 8. The second-order valence-corrected chi connectivity index (χ2v) is 5.51. The van der Waals surface area contributed by atoms with Crippen molar-refractivity contribution in [3.05, 3.63) is 29.8 Å². The first-order valence-electron chi connectivity index (χ1n) is 8.55. The van der Waals surface area contributed by atoms with Crippen molar-refractivity contribution < 1.29 is 33.4 Å². The van der Waals surface area contributed by atoms with Crippen molar-refractivity contribution in [1.82, 2.24) is 10.2 Å². The van der Waals surface area contributed by atoms with Crippen LogP contribution in [0.3, 0.4) is 0 Å². The molecule has 10 nitrogen and oxygen atoms in total. The monoisotopic (exact) mass is 393 g/mol. The third kappa shape index (κ3) is 7.85.